The SMILES string of the molecule is CCCCS(CCC)(CCC)CCCCC(CC)CS(C(C)C)(C(C)C)C(C)C. The van der Waals surface area contributed by atoms with Gasteiger partial charge < -0.3 is 0 Å². The minimum Gasteiger partial charge on any atom is -0.241 e. The molecule has 0 fully saturated rings. The van der Waals surface area contributed by atoms with Crippen LogP contribution in [0.2, 0.25) is 0 Å². The van der Waals surface area contributed by atoms with Crippen LogP contribution < -0.4 is 0 Å². The molecule has 0 aliphatic heterocycles. The summed E-state index contributed by atoms with van der Waals surface area (Å²) >= 11 is 0. The summed E-state index contributed by atoms with van der Waals surface area (Å²) in [5.41, 5.74) is 0. The highest BCUT2D eigenvalue weighted by molar-refractivity contribution is 8.35. The number of hydrogen-bond donors (Lipinski definition) is 0. The molecule has 0 spiro atoms. The fraction of sp³-hybridized carbons (Fsp3) is 1.00. The molecule has 0 aliphatic carbocycles. The predicted octanol–water partition coefficient (Wildman–Crippen LogP) is 9.64. The van der Waals surface area contributed by atoms with Crippen LogP contribution in [0.25, 0.3) is 0 Å². The lowest BCUT2D eigenvalue weighted by molar-refractivity contribution is 0.495. The van der Waals surface area contributed by atoms with Gasteiger partial charge in [-0.2, -0.15) is 0 Å². The molecule has 0 saturated heterocycles. The molecular formula is C27H60S2. The summed E-state index contributed by atoms with van der Waals surface area (Å²) in [5.74, 6) is 8.69. The van der Waals surface area contributed by atoms with Gasteiger partial charge in [0.15, 0.2) is 0 Å². The van der Waals surface area contributed by atoms with Crippen molar-refractivity contribution in [2.24, 2.45) is 5.92 Å². The van der Waals surface area contributed by atoms with Crippen molar-refractivity contribution in [3.63, 3.8) is 0 Å². The highest BCUT2D eigenvalue weighted by Gasteiger charge is 2.36. The monoisotopic (exact) mass is 448 g/mol. The Morgan fingerprint density at radius 1 is 0.552 bits per heavy atom. The van der Waals surface area contributed by atoms with Gasteiger partial charge in [-0.15, -0.1) is 0 Å². The van der Waals surface area contributed by atoms with Crippen molar-refractivity contribution in [2.45, 2.75) is 136 Å². The minimum absolute atomic E-state index is 0.334. The first-order valence-corrected chi connectivity index (χ1v) is 17.5. The largest absolute Gasteiger partial charge is 0.241 e. The van der Waals surface area contributed by atoms with Gasteiger partial charge in [0.1, 0.15) is 0 Å². The summed E-state index contributed by atoms with van der Waals surface area (Å²) in [7, 11) is -0.881. The summed E-state index contributed by atoms with van der Waals surface area (Å²) in [6.45, 7) is 24.8. The molecule has 29 heavy (non-hydrogen) atoms. The van der Waals surface area contributed by atoms with Gasteiger partial charge in [0, 0.05) is 0 Å². The summed E-state index contributed by atoms with van der Waals surface area (Å²) in [4.78, 5) is 0. The topological polar surface area (TPSA) is 0 Å². The van der Waals surface area contributed by atoms with Crippen molar-refractivity contribution in [3.05, 3.63) is 0 Å². The molecule has 0 saturated carbocycles. The fourth-order valence-corrected chi connectivity index (χ4v) is 16.1. The summed E-state index contributed by atoms with van der Waals surface area (Å²) in [5, 5.41) is 2.57. The van der Waals surface area contributed by atoms with Gasteiger partial charge in [0.05, 0.1) is 0 Å². The highest BCUT2D eigenvalue weighted by Crippen LogP contribution is 2.62. The van der Waals surface area contributed by atoms with Crippen LogP contribution in [0.15, 0.2) is 0 Å². The Labute approximate surface area is 190 Å². The summed E-state index contributed by atoms with van der Waals surface area (Å²) < 4.78 is 0. The van der Waals surface area contributed by atoms with E-state index < -0.39 is 10.0 Å². The summed E-state index contributed by atoms with van der Waals surface area (Å²) in [6.07, 6.45) is 11.5. The summed E-state index contributed by atoms with van der Waals surface area (Å²) in [6, 6.07) is 0. The maximum Gasteiger partial charge on any atom is -0.0164 e. The second-order valence-electron chi connectivity index (χ2n) is 10.4. The zero-order chi connectivity index (χ0) is 22.5. The van der Waals surface area contributed by atoms with E-state index in [4.69, 9.17) is 0 Å². The van der Waals surface area contributed by atoms with E-state index in [1.807, 2.05) is 0 Å². The molecule has 0 rings (SSSR count). The number of hydrogen-bond acceptors (Lipinski definition) is 0. The Morgan fingerprint density at radius 3 is 1.41 bits per heavy atom. The molecule has 0 radical (unpaired) electrons. The number of rotatable bonds is 18. The fourth-order valence-electron chi connectivity index (χ4n) is 5.79. The van der Waals surface area contributed by atoms with Crippen molar-refractivity contribution in [2.75, 3.05) is 28.8 Å². The van der Waals surface area contributed by atoms with Crippen LogP contribution in [0.4, 0.5) is 0 Å². The van der Waals surface area contributed by atoms with E-state index in [-0.39, 0.29) is 10.0 Å². The minimum atomic E-state index is -0.547. The molecule has 0 heterocycles. The van der Waals surface area contributed by atoms with Crippen LogP contribution in [-0.2, 0) is 0 Å². The Morgan fingerprint density at radius 2 is 1.03 bits per heavy atom. The molecule has 0 bridgehead atoms. The van der Waals surface area contributed by atoms with E-state index in [1.165, 1.54) is 57.1 Å². The van der Waals surface area contributed by atoms with Gasteiger partial charge in [-0.3, -0.25) is 0 Å². The second kappa shape index (κ2) is 15.5. The first-order valence-electron chi connectivity index (χ1n) is 13.2. The lowest BCUT2D eigenvalue weighted by Gasteiger charge is -2.53. The van der Waals surface area contributed by atoms with Crippen molar-refractivity contribution >= 4 is 20.1 Å². The Bertz CT molecular complexity index is 358. The lowest BCUT2D eigenvalue weighted by atomic mass is 10.0. The van der Waals surface area contributed by atoms with Gasteiger partial charge in [0.25, 0.3) is 0 Å². The molecule has 0 aromatic heterocycles. The van der Waals surface area contributed by atoms with E-state index >= 15 is 0 Å². The standard InChI is InChI=1S/C27H60S2/c1-11-15-21-28(19-12-2,20-13-3)22-17-16-18-27(14-4)23-29(24(5)6,25(7)8)26(9)10/h24-27H,11-23H2,1-10H3. The van der Waals surface area contributed by atoms with Crippen molar-refractivity contribution in [3.8, 4) is 0 Å². The highest BCUT2D eigenvalue weighted by atomic mass is 32.3. The Kier molecular flexibility index (Phi) is 15.9. The molecule has 0 nitrogen and oxygen atoms in total. The van der Waals surface area contributed by atoms with Gasteiger partial charge >= 0.3 is 0 Å². The molecule has 180 valence electrons. The normalized spacial score (nSPS) is 15.5. The van der Waals surface area contributed by atoms with Crippen LogP contribution in [0.1, 0.15) is 121 Å². The molecule has 1 unspecified atom stereocenters. The third-order valence-corrected chi connectivity index (χ3v) is 18.6. The maximum atomic E-state index is 2.52. The van der Waals surface area contributed by atoms with Crippen molar-refractivity contribution in [1.82, 2.24) is 0 Å². The third kappa shape index (κ3) is 9.38. The first-order chi connectivity index (χ1) is 13.7. The molecule has 0 aliphatic rings. The lowest BCUT2D eigenvalue weighted by Crippen LogP contribution is -2.33. The van der Waals surface area contributed by atoms with E-state index in [0.29, 0.717) is 0 Å². The third-order valence-electron chi connectivity index (χ3n) is 7.38. The zero-order valence-electron chi connectivity index (χ0n) is 22.3. The van der Waals surface area contributed by atoms with Crippen LogP contribution in [-0.4, -0.2) is 44.5 Å². The Hall–Kier alpha value is 0.700. The van der Waals surface area contributed by atoms with Crippen LogP contribution in [0.3, 0.4) is 0 Å². The van der Waals surface area contributed by atoms with Crippen molar-refractivity contribution in [1.29, 1.82) is 0 Å². The quantitative estimate of drug-likeness (QED) is 0.183. The average Bonchev–Trinajstić information content (AvgIpc) is 2.65. The van der Waals surface area contributed by atoms with Gasteiger partial charge in [-0.25, -0.2) is 20.1 Å². The average molecular weight is 449 g/mol. The van der Waals surface area contributed by atoms with E-state index in [0.717, 1.165) is 21.7 Å². The predicted molar refractivity (Wildman–Crippen MR) is 148 cm³/mol. The van der Waals surface area contributed by atoms with Gasteiger partial charge in [-0.1, -0.05) is 88.5 Å². The second-order valence-corrected chi connectivity index (χ2v) is 19.4. The maximum absolute atomic E-state index is 2.52. The molecule has 0 aromatic rings. The Balaban J connectivity index is 4.95. The smallest absolute Gasteiger partial charge is 0.0164 e. The molecule has 0 aromatic carbocycles. The molecule has 0 amide bonds. The zero-order valence-corrected chi connectivity index (χ0v) is 24.0. The molecule has 0 N–H and O–H groups in total. The van der Waals surface area contributed by atoms with E-state index in [9.17, 15) is 0 Å². The first kappa shape index (κ1) is 29.7. The molecule has 1 atom stereocenters. The van der Waals surface area contributed by atoms with Crippen molar-refractivity contribution < 1.29 is 0 Å². The van der Waals surface area contributed by atoms with E-state index in [1.54, 1.807) is 23.0 Å². The van der Waals surface area contributed by atoms with Gasteiger partial charge in [0.2, 0.25) is 0 Å². The molecular weight excluding hydrogens is 388 g/mol. The number of unbranched alkanes of at least 4 members (excludes halogenated alkanes) is 2. The van der Waals surface area contributed by atoms with Crippen LogP contribution in [0.5, 0.6) is 0 Å². The van der Waals surface area contributed by atoms with E-state index in [2.05, 4.69) is 69.2 Å². The van der Waals surface area contributed by atoms with Crippen LogP contribution >= 0.6 is 20.1 Å². The van der Waals surface area contributed by atoms with Gasteiger partial charge in [-0.05, 0) is 82.5 Å². The van der Waals surface area contributed by atoms with Crippen LogP contribution in [0, 0.1) is 5.92 Å². The molecule has 2 heteroatoms.